The Morgan fingerprint density at radius 2 is 2.04 bits per heavy atom. The molecule has 0 radical (unpaired) electrons. The second-order valence-electron chi connectivity index (χ2n) is 5.60. The van der Waals surface area contributed by atoms with Gasteiger partial charge in [-0.15, -0.1) is 5.10 Å². The number of hydrogen-bond acceptors (Lipinski definition) is 4. The van der Waals surface area contributed by atoms with Gasteiger partial charge < -0.3 is 15.0 Å². The topological polar surface area (TPSA) is 59.4 Å². The fourth-order valence-electron chi connectivity index (χ4n) is 2.21. The summed E-state index contributed by atoms with van der Waals surface area (Å²) in [6.45, 7) is 2.06. The number of benzene rings is 1. The molecule has 2 aromatic rings. The van der Waals surface area contributed by atoms with Crippen LogP contribution in [-0.2, 0) is 6.54 Å². The lowest BCUT2D eigenvalue weighted by atomic mass is 10.2. The Labute approximate surface area is 137 Å². The van der Waals surface area contributed by atoms with Crippen molar-refractivity contribution in [2.24, 2.45) is 0 Å². The summed E-state index contributed by atoms with van der Waals surface area (Å²) in [7, 11) is 5.66. The number of aromatic nitrogens is 2. The number of ether oxygens (including phenoxy) is 1. The number of hydrogen-bond donors (Lipinski definition) is 1. The molecule has 0 aliphatic heterocycles. The number of nitrogens with one attached hydrogen (secondary N) is 1. The van der Waals surface area contributed by atoms with Crippen LogP contribution < -0.4 is 10.1 Å². The molecule has 2 rings (SSSR count). The zero-order valence-electron chi connectivity index (χ0n) is 14.0. The van der Waals surface area contributed by atoms with E-state index in [1.807, 2.05) is 44.4 Å². The third kappa shape index (κ3) is 5.10. The Morgan fingerprint density at radius 3 is 2.70 bits per heavy atom. The van der Waals surface area contributed by atoms with Crippen molar-refractivity contribution in [3.8, 4) is 5.88 Å². The van der Waals surface area contributed by atoms with E-state index in [1.54, 1.807) is 17.8 Å². The lowest BCUT2D eigenvalue weighted by Crippen LogP contribution is -2.22. The number of carbonyl (C=O) groups excluding carboxylic acids is 1. The van der Waals surface area contributed by atoms with Crippen LogP contribution in [0.15, 0.2) is 36.4 Å². The standard InChI is InChI=1S/C17H24N4O2/c1-18-17(22)15-12-16(23-11-7-10-20(2)3)19-21(15)13-14-8-5-4-6-9-14/h4-6,8-9,12H,7,10-11,13H2,1-3H3,(H,18,22). The molecule has 0 bridgehead atoms. The van der Waals surface area contributed by atoms with E-state index in [9.17, 15) is 4.79 Å². The van der Waals surface area contributed by atoms with Crippen LogP contribution in [0.1, 0.15) is 22.5 Å². The molecular formula is C17H24N4O2. The molecule has 1 N–H and O–H groups in total. The molecule has 6 nitrogen and oxygen atoms in total. The van der Waals surface area contributed by atoms with Gasteiger partial charge in [-0.05, 0) is 26.1 Å². The molecular weight excluding hydrogens is 292 g/mol. The van der Waals surface area contributed by atoms with E-state index >= 15 is 0 Å². The summed E-state index contributed by atoms with van der Waals surface area (Å²) in [5.41, 5.74) is 1.58. The fraction of sp³-hybridized carbons (Fsp3) is 0.412. The van der Waals surface area contributed by atoms with E-state index in [0.29, 0.717) is 24.7 Å². The highest BCUT2D eigenvalue weighted by molar-refractivity contribution is 5.92. The van der Waals surface area contributed by atoms with Crippen LogP contribution >= 0.6 is 0 Å². The molecule has 1 heterocycles. The van der Waals surface area contributed by atoms with E-state index in [2.05, 4.69) is 15.3 Å². The maximum absolute atomic E-state index is 12.0. The average Bonchev–Trinajstić information content (AvgIpc) is 2.94. The van der Waals surface area contributed by atoms with Gasteiger partial charge in [0.2, 0.25) is 5.88 Å². The van der Waals surface area contributed by atoms with Gasteiger partial charge >= 0.3 is 0 Å². The van der Waals surface area contributed by atoms with Crippen molar-refractivity contribution in [1.29, 1.82) is 0 Å². The maximum atomic E-state index is 12.0. The highest BCUT2D eigenvalue weighted by Crippen LogP contribution is 2.14. The predicted octanol–water partition coefficient (Wildman–Crippen LogP) is 1.62. The van der Waals surface area contributed by atoms with Gasteiger partial charge in [0, 0.05) is 19.7 Å². The molecule has 0 fully saturated rings. The molecule has 1 aromatic heterocycles. The van der Waals surface area contributed by atoms with Crippen molar-refractivity contribution in [3.05, 3.63) is 47.7 Å². The number of carbonyl (C=O) groups is 1. The van der Waals surface area contributed by atoms with Crippen LogP contribution in [0.3, 0.4) is 0 Å². The summed E-state index contributed by atoms with van der Waals surface area (Å²) in [6.07, 6.45) is 0.911. The molecule has 124 valence electrons. The molecule has 23 heavy (non-hydrogen) atoms. The Hall–Kier alpha value is -2.34. The van der Waals surface area contributed by atoms with Gasteiger partial charge in [0.25, 0.3) is 5.91 Å². The highest BCUT2D eigenvalue weighted by atomic mass is 16.5. The zero-order valence-corrected chi connectivity index (χ0v) is 14.0. The van der Waals surface area contributed by atoms with Crippen LogP contribution in [0.25, 0.3) is 0 Å². The molecule has 0 saturated heterocycles. The van der Waals surface area contributed by atoms with Crippen molar-refractivity contribution in [3.63, 3.8) is 0 Å². The van der Waals surface area contributed by atoms with Gasteiger partial charge in [-0.3, -0.25) is 9.48 Å². The summed E-state index contributed by atoms with van der Waals surface area (Å²) in [6, 6.07) is 11.6. The van der Waals surface area contributed by atoms with Crippen molar-refractivity contribution < 1.29 is 9.53 Å². The lowest BCUT2D eigenvalue weighted by molar-refractivity contribution is 0.0953. The largest absolute Gasteiger partial charge is 0.477 e. The summed E-state index contributed by atoms with van der Waals surface area (Å²) in [5, 5.41) is 7.05. The van der Waals surface area contributed by atoms with E-state index < -0.39 is 0 Å². The van der Waals surface area contributed by atoms with Gasteiger partial charge in [0.05, 0.1) is 13.2 Å². The van der Waals surface area contributed by atoms with Crippen molar-refractivity contribution in [1.82, 2.24) is 20.0 Å². The molecule has 0 spiro atoms. The second-order valence-corrected chi connectivity index (χ2v) is 5.60. The lowest BCUT2D eigenvalue weighted by Gasteiger charge is -2.08. The van der Waals surface area contributed by atoms with E-state index in [-0.39, 0.29) is 5.91 Å². The monoisotopic (exact) mass is 316 g/mol. The Kier molecular flexibility index (Phi) is 6.17. The maximum Gasteiger partial charge on any atom is 0.269 e. The molecule has 0 aliphatic carbocycles. The SMILES string of the molecule is CNC(=O)c1cc(OCCCN(C)C)nn1Cc1ccccc1. The molecule has 1 amide bonds. The van der Waals surface area contributed by atoms with Crippen LogP contribution in [0.2, 0.25) is 0 Å². The van der Waals surface area contributed by atoms with E-state index in [1.165, 1.54) is 0 Å². The third-order valence-electron chi connectivity index (χ3n) is 3.39. The number of amides is 1. The minimum atomic E-state index is -0.170. The molecule has 0 unspecified atom stereocenters. The van der Waals surface area contributed by atoms with Crippen molar-refractivity contribution in [2.45, 2.75) is 13.0 Å². The first-order valence-electron chi connectivity index (χ1n) is 7.71. The zero-order chi connectivity index (χ0) is 16.7. The summed E-state index contributed by atoms with van der Waals surface area (Å²) in [4.78, 5) is 14.1. The van der Waals surface area contributed by atoms with E-state index in [0.717, 1.165) is 18.5 Å². The number of rotatable bonds is 8. The minimum Gasteiger partial charge on any atom is -0.477 e. The summed E-state index contributed by atoms with van der Waals surface area (Å²) < 4.78 is 7.35. The summed E-state index contributed by atoms with van der Waals surface area (Å²) >= 11 is 0. The van der Waals surface area contributed by atoms with Crippen molar-refractivity contribution in [2.75, 3.05) is 34.3 Å². The van der Waals surface area contributed by atoms with Crippen LogP contribution in [0.5, 0.6) is 5.88 Å². The van der Waals surface area contributed by atoms with Gasteiger partial charge in [0.15, 0.2) is 0 Å². The van der Waals surface area contributed by atoms with E-state index in [4.69, 9.17) is 4.74 Å². The van der Waals surface area contributed by atoms with Crippen LogP contribution in [0.4, 0.5) is 0 Å². The van der Waals surface area contributed by atoms with Gasteiger partial charge in [0.1, 0.15) is 5.69 Å². The Morgan fingerprint density at radius 1 is 1.30 bits per heavy atom. The molecule has 0 saturated carbocycles. The quantitative estimate of drug-likeness (QED) is 0.752. The first-order chi connectivity index (χ1) is 11.1. The molecule has 6 heteroatoms. The fourth-order valence-corrected chi connectivity index (χ4v) is 2.21. The summed E-state index contributed by atoms with van der Waals surface area (Å²) in [5.74, 6) is 0.315. The highest BCUT2D eigenvalue weighted by Gasteiger charge is 2.15. The second kappa shape index (κ2) is 8.33. The van der Waals surface area contributed by atoms with Gasteiger partial charge in [-0.25, -0.2) is 0 Å². The molecule has 1 aromatic carbocycles. The minimum absolute atomic E-state index is 0.170. The Balaban J connectivity index is 2.08. The third-order valence-corrected chi connectivity index (χ3v) is 3.39. The van der Waals surface area contributed by atoms with Gasteiger partial charge in [-0.1, -0.05) is 30.3 Å². The first kappa shape index (κ1) is 17.0. The predicted molar refractivity (Wildman–Crippen MR) is 89.8 cm³/mol. The molecule has 0 atom stereocenters. The normalized spacial score (nSPS) is 10.8. The van der Waals surface area contributed by atoms with Crippen LogP contribution in [0, 0.1) is 0 Å². The Bertz CT molecular complexity index is 623. The first-order valence-corrected chi connectivity index (χ1v) is 7.71. The van der Waals surface area contributed by atoms with Crippen molar-refractivity contribution >= 4 is 5.91 Å². The van der Waals surface area contributed by atoms with Gasteiger partial charge in [-0.2, -0.15) is 0 Å². The molecule has 0 aliphatic rings. The van der Waals surface area contributed by atoms with Crippen LogP contribution in [-0.4, -0.2) is 54.9 Å². The smallest absolute Gasteiger partial charge is 0.269 e. The number of nitrogens with zero attached hydrogens (tertiary/aromatic N) is 3. The average molecular weight is 316 g/mol.